The van der Waals surface area contributed by atoms with Gasteiger partial charge in [-0.25, -0.2) is 0 Å². The largest absolute Gasteiger partial charge is 0.391 e. The predicted molar refractivity (Wildman–Crippen MR) is 78.7 cm³/mol. The van der Waals surface area contributed by atoms with Crippen LogP contribution in [0.15, 0.2) is 18.5 Å². The summed E-state index contributed by atoms with van der Waals surface area (Å²) < 4.78 is 1.70. The van der Waals surface area contributed by atoms with Gasteiger partial charge in [0.25, 0.3) is 0 Å². The second-order valence-corrected chi connectivity index (χ2v) is 6.09. The Bertz CT molecular complexity index is 468. The van der Waals surface area contributed by atoms with Gasteiger partial charge in [0, 0.05) is 44.6 Å². The van der Waals surface area contributed by atoms with Gasteiger partial charge in [-0.3, -0.25) is 14.4 Å². The molecule has 3 atom stereocenters. The minimum absolute atomic E-state index is 0.130. The maximum Gasteiger partial charge on any atom is 0.247 e. The first-order valence-corrected chi connectivity index (χ1v) is 7.87. The van der Waals surface area contributed by atoms with Crippen LogP contribution in [0.3, 0.4) is 0 Å². The minimum Gasteiger partial charge on any atom is -0.391 e. The molecule has 1 aliphatic carbocycles. The van der Waals surface area contributed by atoms with Gasteiger partial charge in [0.1, 0.15) is 6.04 Å². The number of hydrogen-bond donors (Lipinski definition) is 1. The molecule has 0 radical (unpaired) electrons. The van der Waals surface area contributed by atoms with Crippen LogP contribution in [0.2, 0.25) is 0 Å². The summed E-state index contributed by atoms with van der Waals surface area (Å²) in [6.07, 6.45) is 6.45. The summed E-state index contributed by atoms with van der Waals surface area (Å²) in [7, 11) is 0. The lowest BCUT2D eigenvalue weighted by molar-refractivity contribution is -0.136. The predicted octanol–water partition coefficient (Wildman–Crippen LogP) is 0.502. The second kappa shape index (κ2) is 6.15. The third-order valence-corrected chi connectivity index (χ3v) is 4.82. The average Bonchev–Trinajstić information content (AvgIpc) is 3.17. The number of hydrogen-bond acceptors (Lipinski definition) is 4. The molecule has 0 aromatic carbocycles. The molecule has 1 amide bonds. The second-order valence-electron chi connectivity index (χ2n) is 6.09. The monoisotopic (exact) mass is 292 g/mol. The number of carbonyl (C=O) groups is 1. The summed E-state index contributed by atoms with van der Waals surface area (Å²) in [4.78, 5) is 16.8. The molecule has 2 heterocycles. The molecule has 1 saturated heterocycles. The van der Waals surface area contributed by atoms with Gasteiger partial charge in [-0.2, -0.15) is 5.10 Å². The van der Waals surface area contributed by atoms with E-state index in [1.807, 2.05) is 24.1 Å². The Balaban J connectivity index is 1.54. The summed E-state index contributed by atoms with van der Waals surface area (Å²) in [6, 6.07) is 1.89. The van der Waals surface area contributed by atoms with Crippen molar-refractivity contribution >= 4 is 5.91 Å². The zero-order valence-electron chi connectivity index (χ0n) is 12.6. The van der Waals surface area contributed by atoms with Crippen molar-refractivity contribution in [2.75, 3.05) is 26.2 Å². The molecule has 21 heavy (non-hydrogen) atoms. The molecule has 3 rings (SSSR count). The van der Waals surface area contributed by atoms with Crippen LogP contribution in [0.4, 0.5) is 0 Å². The molecule has 1 aliphatic heterocycles. The molecule has 1 aromatic rings. The number of amides is 1. The minimum atomic E-state index is -0.247. The van der Waals surface area contributed by atoms with Gasteiger partial charge in [-0.05, 0) is 32.3 Å². The molecule has 6 heteroatoms. The molecular weight excluding hydrogens is 268 g/mol. The van der Waals surface area contributed by atoms with E-state index in [1.165, 1.54) is 0 Å². The number of aromatic nitrogens is 2. The number of aliphatic hydroxyl groups is 1. The van der Waals surface area contributed by atoms with Crippen molar-refractivity contribution in [3.05, 3.63) is 18.5 Å². The SMILES string of the molecule is C[C@H](C(=O)N1CCN([C@@H]2CCC[C@H]2O)CC1)n1cccn1. The third-order valence-electron chi connectivity index (χ3n) is 4.82. The van der Waals surface area contributed by atoms with Gasteiger partial charge in [-0.1, -0.05) is 0 Å². The van der Waals surface area contributed by atoms with Gasteiger partial charge < -0.3 is 10.0 Å². The lowest BCUT2D eigenvalue weighted by atomic mass is 10.1. The smallest absolute Gasteiger partial charge is 0.247 e. The van der Waals surface area contributed by atoms with Crippen LogP contribution in [-0.2, 0) is 4.79 Å². The first-order valence-electron chi connectivity index (χ1n) is 7.87. The fraction of sp³-hybridized carbons (Fsp3) is 0.733. The Morgan fingerprint density at radius 2 is 2.05 bits per heavy atom. The molecule has 1 saturated carbocycles. The van der Waals surface area contributed by atoms with E-state index >= 15 is 0 Å². The molecule has 0 unspecified atom stereocenters. The van der Waals surface area contributed by atoms with Gasteiger partial charge in [-0.15, -0.1) is 0 Å². The molecule has 0 bridgehead atoms. The average molecular weight is 292 g/mol. The molecule has 2 aliphatic rings. The highest BCUT2D eigenvalue weighted by Crippen LogP contribution is 2.25. The maximum atomic E-state index is 12.5. The third kappa shape index (κ3) is 2.96. The topological polar surface area (TPSA) is 61.6 Å². The van der Waals surface area contributed by atoms with Crippen molar-refractivity contribution in [1.82, 2.24) is 19.6 Å². The van der Waals surface area contributed by atoms with Crippen LogP contribution in [-0.4, -0.2) is 68.9 Å². The Morgan fingerprint density at radius 1 is 1.29 bits per heavy atom. The van der Waals surface area contributed by atoms with Crippen LogP contribution in [0.25, 0.3) is 0 Å². The van der Waals surface area contributed by atoms with Crippen molar-refractivity contribution in [2.24, 2.45) is 0 Å². The van der Waals surface area contributed by atoms with Crippen molar-refractivity contribution in [2.45, 2.75) is 44.4 Å². The van der Waals surface area contributed by atoms with E-state index in [9.17, 15) is 9.90 Å². The van der Waals surface area contributed by atoms with Gasteiger partial charge in [0.2, 0.25) is 5.91 Å². The van der Waals surface area contributed by atoms with E-state index < -0.39 is 0 Å². The molecule has 2 fully saturated rings. The standard InChI is InChI=1S/C15H24N4O2/c1-12(19-7-3-6-16-19)15(21)18-10-8-17(9-11-18)13-4-2-5-14(13)20/h3,6-7,12-14,20H,2,4-5,8-11H2,1H3/t12-,13-,14-/m1/s1. The van der Waals surface area contributed by atoms with Gasteiger partial charge in [0.15, 0.2) is 0 Å². The number of rotatable bonds is 3. The molecule has 116 valence electrons. The van der Waals surface area contributed by atoms with Crippen LogP contribution >= 0.6 is 0 Å². The van der Waals surface area contributed by atoms with Crippen LogP contribution < -0.4 is 0 Å². The lowest BCUT2D eigenvalue weighted by Crippen LogP contribution is -2.54. The van der Waals surface area contributed by atoms with Crippen molar-refractivity contribution < 1.29 is 9.90 Å². The summed E-state index contributed by atoms with van der Waals surface area (Å²) in [6.45, 7) is 5.10. The quantitative estimate of drug-likeness (QED) is 0.881. The maximum absolute atomic E-state index is 12.5. The fourth-order valence-electron chi connectivity index (χ4n) is 3.51. The number of carbonyl (C=O) groups excluding carboxylic acids is 1. The van der Waals surface area contributed by atoms with E-state index in [1.54, 1.807) is 10.9 Å². The Labute approximate surface area is 125 Å². The molecular formula is C15H24N4O2. The summed E-state index contributed by atoms with van der Waals surface area (Å²) in [5.41, 5.74) is 0. The van der Waals surface area contributed by atoms with E-state index in [2.05, 4.69) is 10.00 Å². The molecule has 6 nitrogen and oxygen atoms in total. The Kier molecular flexibility index (Phi) is 4.26. The van der Waals surface area contributed by atoms with Crippen LogP contribution in [0, 0.1) is 0 Å². The van der Waals surface area contributed by atoms with E-state index in [-0.39, 0.29) is 18.1 Å². The summed E-state index contributed by atoms with van der Waals surface area (Å²) >= 11 is 0. The Morgan fingerprint density at radius 3 is 2.62 bits per heavy atom. The van der Waals surface area contributed by atoms with Crippen molar-refractivity contribution in [3.63, 3.8) is 0 Å². The highest BCUT2D eigenvalue weighted by molar-refractivity contribution is 5.80. The molecule has 1 N–H and O–H groups in total. The first kappa shape index (κ1) is 14.5. The number of aliphatic hydroxyl groups excluding tert-OH is 1. The van der Waals surface area contributed by atoms with E-state index in [0.29, 0.717) is 6.04 Å². The number of piperazine rings is 1. The van der Waals surface area contributed by atoms with Crippen molar-refractivity contribution in [1.29, 1.82) is 0 Å². The van der Waals surface area contributed by atoms with E-state index in [4.69, 9.17) is 0 Å². The van der Waals surface area contributed by atoms with Crippen molar-refractivity contribution in [3.8, 4) is 0 Å². The Hall–Kier alpha value is -1.40. The first-order chi connectivity index (χ1) is 10.2. The summed E-state index contributed by atoms with van der Waals surface area (Å²) in [5.74, 6) is 0.130. The normalized spacial score (nSPS) is 28.8. The zero-order chi connectivity index (χ0) is 14.8. The summed E-state index contributed by atoms with van der Waals surface area (Å²) in [5, 5.41) is 14.1. The lowest BCUT2D eigenvalue weighted by Gasteiger charge is -2.39. The van der Waals surface area contributed by atoms with Gasteiger partial charge >= 0.3 is 0 Å². The van der Waals surface area contributed by atoms with Gasteiger partial charge in [0.05, 0.1) is 6.10 Å². The van der Waals surface area contributed by atoms with Crippen LogP contribution in [0.1, 0.15) is 32.2 Å². The highest BCUT2D eigenvalue weighted by atomic mass is 16.3. The highest BCUT2D eigenvalue weighted by Gasteiger charge is 2.34. The molecule has 0 spiro atoms. The van der Waals surface area contributed by atoms with E-state index in [0.717, 1.165) is 45.4 Å². The van der Waals surface area contributed by atoms with Crippen LogP contribution in [0.5, 0.6) is 0 Å². The zero-order valence-corrected chi connectivity index (χ0v) is 12.6. The fourth-order valence-corrected chi connectivity index (χ4v) is 3.51. The molecule has 1 aromatic heterocycles. The number of nitrogens with zero attached hydrogens (tertiary/aromatic N) is 4.